The molecule has 1 fully saturated rings. The summed E-state index contributed by atoms with van der Waals surface area (Å²) < 4.78 is 30.6. The first-order valence-electron chi connectivity index (χ1n) is 5.83. The number of ether oxygens (including phenoxy) is 1. The van der Waals surface area contributed by atoms with E-state index in [0.717, 1.165) is 44.2 Å². The average molecular weight is 240 g/mol. The van der Waals surface area contributed by atoms with Gasteiger partial charge in [0.15, 0.2) is 11.6 Å². The number of carbonyl (C=O) groups excluding carboxylic acids is 1. The zero-order valence-corrected chi connectivity index (χ0v) is 9.42. The number of hydrogen-bond donors (Lipinski definition) is 0. The number of hydrogen-bond acceptors (Lipinski definition) is 2. The van der Waals surface area contributed by atoms with Gasteiger partial charge in [0.05, 0.1) is 5.92 Å². The third kappa shape index (κ3) is 3.02. The van der Waals surface area contributed by atoms with Gasteiger partial charge < -0.3 is 4.74 Å². The molecule has 1 saturated carbocycles. The molecule has 0 aliphatic heterocycles. The lowest BCUT2D eigenvalue weighted by Gasteiger charge is -2.19. The molecule has 0 amide bonds. The zero-order valence-electron chi connectivity index (χ0n) is 9.42. The molecular weight excluding hydrogens is 226 g/mol. The molecule has 2 rings (SSSR count). The monoisotopic (exact) mass is 240 g/mol. The fraction of sp³-hybridized carbons (Fsp3) is 0.462. The Hall–Kier alpha value is -1.45. The summed E-state index contributed by atoms with van der Waals surface area (Å²) in [4.78, 5) is 11.7. The summed E-state index contributed by atoms with van der Waals surface area (Å²) >= 11 is 0. The van der Waals surface area contributed by atoms with Crippen LogP contribution in [-0.2, 0) is 4.79 Å². The van der Waals surface area contributed by atoms with Gasteiger partial charge in [-0.1, -0.05) is 19.3 Å². The number of benzene rings is 1. The third-order valence-corrected chi connectivity index (χ3v) is 3.05. The maximum absolute atomic E-state index is 12.9. The molecule has 0 heterocycles. The molecule has 0 atom stereocenters. The maximum atomic E-state index is 12.9. The van der Waals surface area contributed by atoms with Crippen LogP contribution in [0.25, 0.3) is 0 Å². The zero-order chi connectivity index (χ0) is 12.3. The van der Waals surface area contributed by atoms with Crippen LogP contribution in [-0.4, -0.2) is 5.97 Å². The Morgan fingerprint density at radius 3 is 2.47 bits per heavy atom. The molecular formula is C13H14F2O2. The van der Waals surface area contributed by atoms with E-state index in [4.69, 9.17) is 4.74 Å². The van der Waals surface area contributed by atoms with E-state index in [9.17, 15) is 13.6 Å². The Bertz CT molecular complexity index is 412. The Morgan fingerprint density at radius 2 is 1.82 bits per heavy atom. The molecule has 0 saturated heterocycles. The van der Waals surface area contributed by atoms with Gasteiger partial charge in [0, 0.05) is 6.07 Å². The number of esters is 1. The van der Waals surface area contributed by atoms with Gasteiger partial charge in [0.1, 0.15) is 5.75 Å². The van der Waals surface area contributed by atoms with E-state index in [1.54, 1.807) is 0 Å². The molecule has 4 heteroatoms. The molecule has 0 bridgehead atoms. The summed E-state index contributed by atoms with van der Waals surface area (Å²) in [5.74, 6) is -2.31. The predicted molar refractivity (Wildman–Crippen MR) is 58.6 cm³/mol. The van der Waals surface area contributed by atoms with E-state index < -0.39 is 11.6 Å². The van der Waals surface area contributed by atoms with Crippen LogP contribution in [0, 0.1) is 17.6 Å². The van der Waals surface area contributed by atoms with Gasteiger partial charge in [-0.05, 0) is 25.0 Å². The second kappa shape index (κ2) is 5.25. The fourth-order valence-corrected chi connectivity index (χ4v) is 2.08. The van der Waals surface area contributed by atoms with Gasteiger partial charge in [-0.3, -0.25) is 4.79 Å². The van der Waals surface area contributed by atoms with Crippen molar-refractivity contribution in [3.8, 4) is 5.75 Å². The van der Waals surface area contributed by atoms with Crippen LogP contribution in [0.1, 0.15) is 32.1 Å². The van der Waals surface area contributed by atoms with Gasteiger partial charge in [-0.15, -0.1) is 0 Å². The van der Waals surface area contributed by atoms with E-state index in [2.05, 4.69) is 0 Å². The first-order chi connectivity index (χ1) is 8.16. The highest BCUT2D eigenvalue weighted by Gasteiger charge is 2.23. The van der Waals surface area contributed by atoms with Gasteiger partial charge in [0.2, 0.25) is 0 Å². The molecule has 0 unspecified atom stereocenters. The van der Waals surface area contributed by atoms with Crippen LogP contribution >= 0.6 is 0 Å². The standard InChI is InChI=1S/C13H14F2O2/c14-11-7-6-10(8-12(11)15)17-13(16)9-4-2-1-3-5-9/h6-9H,1-5H2. The van der Waals surface area contributed by atoms with Crippen molar-refractivity contribution >= 4 is 5.97 Å². The Morgan fingerprint density at radius 1 is 1.12 bits per heavy atom. The quantitative estimate of drug-likeness (QED) is 0.584. The summed E-state index contributed by atoms with van der Waals surface area (Å²) in [6.07, 6.45) is 4.84. The van der Waals surface area contributed by atoms with E-state index in [1.807, 2.05) is 0 Å². The fourth-order valence-electron chi connectivity index (χ4n) is 2.08. The minimum absolute atomic E-state index is 0.0690. The second-order valence-corrected chi connectivity index (χ2v) is 4.33. The number of rotatable bonds is 2. The minimum atomic E-state index is -1.00. The van der Waals surface area contributed by atoms with Gasteiger partial charge in [0.25, 0.3) is 0 Å². The summed E-state index contributed by atoms with van der Waals surface area (Å²) in [6.45, 7) is 0. The summed E-state index contributed by atoms with van der Waals surface area (Å²) in [5.41, 5.74) is 0. The van der Waals surface area contributed by atoms with Crippen LogP contribution in [0.15, 0.2) is 18.2 Å². The normalized spacial score (nSPS) is 16.8. The molecule has 1 aromatic rings. The molecule has 1 aliphatic carbocycles. The Kier molecular flexibility index (Phi) is 3.71. The largest absolute Gasteiger partial charge is 0.426 e. The molecule has 17 heavy (non-hydrogen) atoms. The second-order valence-electron chi connectivity index (χ2n) is 4.33. The molecule has 0 aromatic heterocycles. The molecule has 1 aromatic carbocycles. The van der Waals surface area contributed by atoms with Crippen LogP contribution in [0.2, 0.25) is 0 Å². The van der Waals surface area contributed by atoms with Gasteiger partial charge >= 0.3 is 5.97 Å². The predicted octanol–water partition coefficient (Wildman–Crippen LogP) is 3.45. The van der Waals surface area contributed by atoms with Crippen molar-refractivity contribution < 1.29 is 18.3 Å². The SMILES string of the molecule is O=C(Oc1ccc(F)c(F)c1)C1CCCCC1. The number of halogens is 2. The van der Waals surface area contributed by atoms with E-state index in [0.29, 0.717) is 0 Å². The number of carbonyl (C=O) groups is 1. The topological polar surface area (TPSA) is 26.3 Å². The minimum Gasteiger partial charge on any atom is -0.426 e. The summed E-state index contributed by atoms with van der Waals surface area (Å²) in [7, 11) is 0. The van der Waals surface area contributed by atoms with Crippen LogP contribution < -0.4 is 4.74 Å². The Balaban J connectivity index is 1.99. The van der Waals surface area contributed by atoms with Gasteiger partial charge in [-0.2, -0.15) is 0 Å². The van der Waals surface area contributed by atoms with E-state index in [1.165, 1.54) is 6.07 Å². The first kappa shape index (κ1) is 12.0. The first-order valence-corrected chi connectivity index (χ1v) is 5.83. The molecule has 1 aliphatic rings. The van der Waals surface area contributed by atoms with Crippen LogP contribution in [0.5, 0.6) is 5.75 Å². The van der Waals surface area contributed by atoms with Crippen molar-refractivity contribution in [3.63, 3.8) is 0 Å². The highest BCUT2D eigenvalue weighted by atomic mass is 19.2. The van der Waals surface area contributed by atoms with Crippen molar-refractivity contribution in [2.45, 2.75) is 32.1 Å². The van der Waals surface area contributed by atoms with Crippen LogP contribution in [0.4, 0.5) is 8.78 Å². The van der Waals surface area contributed by atoms with Crippen molar-refractivity contribution in [2.75, 3.05) is 0 Å². The maximum Gasteiger partial charge on any atom is 0.314 e. The molecule has 0 spiro atoms. The lowest BCUT2D eigenvalue weighted by Crippen LogP contribution is -2.22. The van der Waals surface area contributed by atoms with Crippen molar-refractivity contribution in [2.24, 2.45) is 5.92 Å². The highest BCUT2D eigenvalue weighted by molar-refractivity contribution is 5.75. The average Bonchev–Trinajstić information content (AvgIpc) is 2.35. The highest BCUT2D eigenvalue weighted by Crippen LogP contribution is 2.26. The molecule has 92 valence electrons. The molecule has 2 nitrogen and oxygen atoms in total. The van der Waals surface area contributed by atoms with Crippen molar-refractivity contribution in [1.82, 2.24) is 0 Å². The lowest BCUT2D eigenvalue weighted by atomic mass is 9.89. The van der Waals surface area contributed by atoms with Crippen molar-refractivity contribution in [3.05, 3.63) is 29.8 Å². The smallest absolute Gasteiger partial charge is 0.314 e. The lowest BCUT2D eigenvalue weighted by molar-refractivity contribution is -0.140. The summed E-state index contributed by atoms with van der Waals surface area (Å²) in [5, 5.41) is 0. The van der Waals surface area contributed by atoms with Crippen molar-refractivity contribution in [1.29, 1.82) is 0 Å². The molecule has 0 radical (unpaired) electrons. The van der Waals surface area contributed by atoms with E-state index in [-0.39, 0.29) is 17.6 Å². The third-order valence-electron chi connectivity index (χ3n) is 3.05. The van der Waals surface area contributed by atoms with Crippen LogP contribution in [0.3, 0.4) is 0 Å². The summed E-state index contributed by atoms with van der Waals surface area (Å²) in [6, 6.07) is 3.12. The Labute approximate surface area is 98.6 Å². The van der Waals surface area contributed by atoms with E-state index >= 15 is 0 Å². The molecule has 0 N–H and O–H groups in total. The van der Waals surface area contributed by atoms with Gasteiger partial charge in [-0.25, -0.2) is 8.78 Å².